The number of nitrogens with one attached hydrogen (secondary N) is 2. The largest absolute Gasteiger partial charge is 0.391 e. The fourth-order valence-electron chi connectivity index (χ4n) is 1.66. The highest BCUT2D eigenvalue weighted by Crippen LogP contribution is 2.20. The standard InChI is InChI=1S/C13H24N4O/c1-5-10-12(14-6-2)16-8-17-13(10)15-7-11(18)9(3)4/h8-9,11,18H,5-7H2,1-4H3,(H2,14,15,16,17). The second-order valence-corrected chi connectivity index (χ2v) is 4.63. The first-order chi connectivity index (χ1) is 8.60. The van der Waals surface area contributed by atoms with Crippen molar-refractivity contribution >= 4 is 11.6 Å². The van der Waals surface area contributed by atoms with Crippen molar-refractivity contribution in [3.05, 3.63) is 11.9 Å². The third-order valence-electron chi connectivity index (χ3n) is 2.89. The second kappa shape index (κ2) is 7.16. The predicted octanol–water partition coefficient (Wildman–Crippen LogP) is 1.90. The van der Waals surface area contributed by atoms with Crippen molar-refractivity contribution in [2.24, 2.45) is 5.92 Å². The fraction of sp³-hybridized carbons (Fsp3) is 0.692. The normalized spacial score (nSPS) is 12.6. The van der Waals surface area contributed by atoms with E-state index in [4.69, 9.17) is 0 Å². The van der Waals surface area contributed by atoms with Crippen LogP contribution in [0, 0.1) is 5.92 Å². The Morgan fingerprint density at radius 3 is 2.28 bits per heavy atom. The van der Waals surface area contributed by atoms with Crippen LogP contribution >= 0.6 is 0 Å². The summed E-state index contributed by atoms with van der Waals surface area (Å²) in [7, 11) is 0. The molecule has 1 rings (SSSR count). The second-order valence-electron chi connectivity index (χ2n) is 4.63. The molecule has 0 bridgehead atoms. The fourth-order valence-corrected chi connectivity index (χ4v) is 1.66. The lowest BCUT2D eigenvalue weighted by atomic mass is 10.1. The summed E-state index contributed by atoms with van der Waals surface area (Å²) in [6, 6.07) is 0. The summed E-state index contributed by atoms with van der Waals surface area (Å²) in [6.07, 6.45) is 2.03. The molecule has 0 aliphatic carbocycles. The van der Waals surface area contributed by atoms with Gasteiger partial charge in [0, 0.05) is 18.7 Å². The molecule has 0 aliphatic heterocycles. The summed E-state index contributed by atoms with van der Waals surface area (Å²) in [5, 5.41) is 16.2. The van der Waals surface area contributed by atoms with Gasteiger partial charge >= 0.3 is 0 Å². The maximum atomic E-state index is 9.80. The molecule has 18 heavy (non-hydrogen) atoms. The van der Waals surface area contributed by atoms with Crippen LogP contribution in [0.3, 0.4) is 0 Å². The van der Waals surface area contributed by atoms with Crippen molar-refractivity contribution in [3.63, 3.8) is 0 Å². The van der Waals surface area contributed by atoms with Crippen LogP contribution < -0.4 is 10.6 Å². The predicted molar refractivity (Wildman–Crippen MR) is 74.9 cm³/mol. The van der Waals surface area contributed by atoms with Gasteiger partial charge in [-0.2, -0.15) is 0 Å². The molecule has 1 heterocycles. The van der Waals surface area contributed by atoms with Gasteiger partial charge in [-0.05, 0) is 19.3 Å². The zero-order chi connectivity index (χ0) is 13.5. The third kappa shape index (κ3) is 3.84. The number of hydrogen-bond acceptors (Lipinski definition) is 5. The van der Waals surface area contributed by atoms with E-state index < -0.39 is 0 Å². The smallest absolute Gasteiger partial charge is 0.134 e. The molecule has 5 heteroatoms. The number of hydrogen-bond donors (Lipinski definition) is 3. The zero-order valence-corrected chi connectivity index (χ0v) is 11.7. The Kier molecular flexibility index (Phi) is 5.85. The van der Waals surface area contributed by atoms with E-state index in [1.54, 1.807) is 6.33 Å². The first-order valence-electron chi connectivity index (χ1n) is 6.59. The maximum Gasteiger partial charge on any atom is 0.134 e. The van der Waals surface area contributed by atoms with Gasteiger partial charge in [0.25, 0.3) is 0 Å². The highest BCUT2D eigenvalue weighted by atomic mass is 16.3. The highest BCUT2D eigenvalue weighted by molar-refractivity contribution is 5.57. The van der Waals surface area contributed by atoms with Crippen LogP contribution in [0.1, 0.15) is 33.3 Å². The van der Waals surface area contributed by atoms with Crippen molar-refractivity contribution in [2.75, 3.05) is 23.7 Å². The lowest BCUT2D eigenvalue weighted by Crippen LogP contribution is -2.25. The molecule has 0 fully saturated rings. The molecule has 0 radical (unpaired) electrons. The molecule has 0 aliphatic rings. The van der Waals surface area contributed by atoms with Gasteiger partial charge in [-0.1, -0.05) is 20.8 Å². The molecule has 5 nitrogen and oxygen atoms in total. The third-order valence-corrected chi connectivity index (χ3v) is 2.89. The van der Waals surface area contributed by atoms with Gasteiger partial charge in [0.1, 0.15) is 18.0 Å². The summed E-state index contributed by atoms with van der Waals surface area (Å²) in [6.45, 7) is 9.44. The number of aromatic nitrogens is 2. The van der Waals surface area contributed by atoms with Crippen LogP contribution in [0.4, 0.5) is 11.6 Å². The Morgan fingerprint density at radius 1 is 1.17 bits per heavy atom. The van der Waals surface area contributed by atoms with Gasteiger partial charge in [0.2, 0.25) is 0 Å². The average molecular weight is 252 g/mol. The number of aliphatic hydroxyl groups is 1. The molecule has 1 aromatic rings. The van der Waals surface area contributed by atoms with E-state index in [-0.39, 0.29) is 12.0 Å². The monoisotopic (exact) mass is 252 g/mol. The summed E-state index contributed by atoms with van der Waals surface area (Å²) in [5.74, 6) is 1.91. The van der Waals surface area contributed by atoms with Crippen LogP contribution in [-0.2, 0) is 6.42 Å². The molecule has 0 amide bonds. The molecule has 0 saturated heterocycles. The Bertz CT molecular complexity index is 368. The first-order valence-corrected chi connectivity index (χ1v) is 6.59. The van der Waals surface area contributed by atoms with Crippen molar-refractivity contribution in [1.29, 1.82) is 0 Å². The van der Waals surface area contributed by atoms with Crippen LogP contribution in [0.25, 0.3) is 0 Å². The Labute approximate surface area is 109 Å². The van der Waals surface area contributed by atoms with Crippen molar-refractivity contribution in [1.82, 2.24) is 9.97 Å². The molecule has 3 N–H and O–H groups in total. The van der Waals surface area contributed by atoms with Gasteiger partial charge in [0.05, 0.1) is 6.10 Å². The quantitative estimate of drug-likeness (QED) is 0.691. The molecule has 0 spiro atoms. The average Bonchev–Trinajstić information content (AvgIpc) is 2.36. The van der Waals surface area contributed by atoms with Gasteiger partial charge in [-0.15, -0.1) is 0 Å². The van der Waals surface area contributed by atoms with Crippen molar-refractivity contribution in [3.8, 4) is 0 Å². The number of nitrogens with zero attached hydrogens (tertiary/aromatic N) is 2. The van der Waals surface area contributed by atoms with Gasteiger partial charge in [-0.3, -0.25) is 0 Å². The van der Waals surface area contributed by atoms with Crippen molar-refractivity contribution < 1.29 is 5.11 Å². The summed E-state index contributed by atoms with van der Waals surface area (Å²) in [5.41, 5.74) is 1.07. The molecule has 102 valence electrons. The Morgan fingerprint density at radius 2 is 1.78 bits per heavy atom. The molecule has 0 aromatic carbocycles. The summed E-state index contributed by atoms with van der Waals surface area (Å²) >= 11 is 0. The van der Waals surface area contributed by atoms with Crippen LogP contribution in [0.15, 0.2) is 6.33 Å². The SMILES string of the molecule is CCNc1ncnc(NCC(O)C(C)C)c1CC. The number of rotatable bonds is 7. The zero-order valence-electron chi connectivity index (χ0n) is 11.7. The Balaban J connectivity index is 2.78. The van der Waals surface area contributed by atoms with Gasteiger partial charge in [-0.25, -0.2) is 9.97 Å². The minimum absolute atomic E-state index is 0.234. The van der Waals surface area contributed by atoms with Crippen LogP contribution in [-0.4, -0.2) is 34.3 Å². The lowest BCUT2D eigenvalue weighted by Gasteiger charge is -2.18. The van der Waals surface area contributed by atoms with Gasteiger partial charge < -0.3 is 15.7 Å². The van der Waals surface area contributed by atoms with E-state index in [1.807, 2.05) is 20.8 Å². The summed E-state index contributed by atoms with van der Waals surface area (Å²) < 4.78 is 0. The molecular weight excluding hydrogens is 228 g/mol. The van der Waals surface area contributed by atoms with E-state index in [1.165, 1.54) is 0 Å². The highest BCUT2D eigenvalue weighted by Gasteiger charge is 2.12. The summed E-state index contributed by atoms with van der Waals surface area (Å²) in [4.78, 5) is 8.49. The van der Waals surface area contributed by atoms with Crippen LogP contribution in [0.2, 0.25) is 0 Å². The molecule has 0 saturated carbocycles. The molecule has 1 atom stereocenters. The van der Waals surface area contributed by atoms with Crippen LogP contribution in [0.5, 0.6) is 0 Å². The van der Waals surface area contributed by atoms with E-state index in [0.29, 0.717) is 6.54 Å². The molecule has 1 unspecified atom stereocenters. The van der Waals surface area contributed by atoms with E-state index in [0.717, 1.165) is 30.2 Å². The van der Waals surface area contributed by atoms with E-state index in [9.17, 15) is 5.11 Å². The minimum atomic E-state index is -0.368. The molecule has 1 aromatic heterocycles. The van der Waals surface area contributed by atoms with Crippen molar-refractivity contribution in [2.45, 2.75) is 40.2 Å². The number of aliphatic hydroxyl groups excluding tert-OH is 1. The molecular formula is C13H24N4O. The van der Waals surface area contributed by atoms with E-state index >= 15 is 0 Å². The first kappa shape index (κ1) is 14.7. The lowest BCUT2D eigenvalue weighted by molar-refractivity contribution is 0.138. The maximum absolute atomic E-state index is 9.80. The minimum Gasteiger partial charge on any atom is -0.391 e. The number of anilines is 2. The Hall–Kier alpha value is -1.36. The topological polar surface area (TPSA) is 70.1 Å². The van der Waals surface area contributed by atoms with Gasteiger partial charge in [0.15, 0.2) is 0 Å². The van der Waals surface area contributed by atoms with E-state index in [2.05, 4.69) is 27.5 Å².